The van der Waals surface area contributed by atoms with E-state index in [9.17, 15) is 9.59 Å². The largest absolute Gasteiger partial charge is 0.423 e. The van der Waals surface area contributed by atoms with E-state index in [-0.39, 0.29) is 5.91 Å². The zero-order chi connectivity index (χ0) is 17.8. The van der Waals surface area contributed by atoms with E-state index in [1.807, 2.05) is 13.0 Å². The Kier molecular flexibility index (Phi) is 4.44. The number of hydrogen-bond acceptors (Lipinski definition) is 4. The van der Waals surface area contributed by atoms with Crippen LogP contribution in [-0.2, 0) is 4.79 Å². The average Bonchev–Trinajstić information content (AvgIpc) is 2.60. The van der Waals surface area contributed by atoms with Crippen molar-refractivity contribution in [1.82, 2.24) is 0 Å². The van der Waals surface area contributed by atoms with E-state index < -0.39 is 5.63 Å². The summed E-state index contributed by atoms with van der Waals surface area (Å²) >= 11 is 0. The summed E-state index contributed by atoms with van der Waals surface area (Å²) < 4.78 is 5.16. The van der Waals surface area contributed by atoms with Crippen LogP contribution in [0.25, 0.3) is 17.0 Å². The van der Waals surface area contributed by atoms with Crippen LogP contribution in [0.15, 0.2) is 63.8 Å². The number of nitriles is 1. The molecule has 5 heteroatoms. The van der Waals surface area contributed by atoms with Gasteiger partial charge in [-0.1, -0.05) is 12.1 Å². The Bertz CT molecular complexity index is 1070. The van der Waals surface area contributed by atoms with Gasteiger partial charge in [-0.2, -0.15) is 5.26 Å². The Morgan fingerprint density at radius 1 is 1.16 bits per heavy atom. The monoisotopic (exact) mass is 330 g/mol. The Morgan fingerprint density at radius 3 is 2.64 bits per heavy atom. The summed E-state index contributed by atoms with van der Waals surface area (Å²) in [6, 6.07) is 15.5. The van der Waals surface area contributed by atoms with Gasteiger partial charge in [0.25, 0.3) is 0 Å². The number of carbonyl (C=O) groups excluding carboxylic acids is 1. The van der Waals surface area contributed by atoms with Crippen LogP contribution in [0.4, 0.5) is 5.69 Å². The first-order chi connectivity index (χ1) is 12.0. The fourth-order valence-electron chi connectivity index (χ4n) is 2.43. The van der Waals surface area contributed by atoms with Crippen LogP contribution < -0.4 is 10.9 Å². The second kappa shape index (κ2) is 6.85. The molecule has 0 unspecified atom stereocenters. The molecule has 0 aliphatic rings. The van der Waals surface area contributed by atoms with E-state index in [0.29, 0.717) is 16.8 Å². The van der Waals surface area contributed by atoms with Crippen molar-refractivity contribution in [3.05, 3.63) is 81.7 Å². The predicted molar refractivity (Wildman–Crippen MR) is 96.0 cm³/mol. The number of anilines is 1. The van der Waals surface area contributed by atoms with Gasteiger partial charge in [-0.15, -0.1) is 0 Å². The number of benzene rings is 2. The molecule has 0 spiro atoms. The second-order valence-electron chi connectivity index (χ2n) is 5.52. The topological polar surface area (TPSA) is 83.1 Å². The average molecular weight is 330 g/mol. The van der Waals surface area contributed by atoms with Gasteiger partial charge in [-0.25, -0.2) is 4.79 Å². The number of nitrogens with zero attached hydrogens (tertiary/aromatic N) is 1. The fourth-order valence-corrected chi connectivity index (χ4v) is 2.43. The Morgan fingerprint density at radius 2 is 1.92 bits per heavy atom. The molecule has 25 heavy (non-hydrogen) atoms. The number of rotatable bonds is 3. The van der Waals surface area contributed by atoms with Gasteiger partial charge >= 0.3 is 5.63 Å². The Balaban J connectivity index is 1.76. The molecule has 0 fully saturated rings. The fraction of sp³-hybridized carbons (Fsp3) is 0.0500. The standard InChI is InChI=1S/C20H14N2O3/c1-13-10-20(24)25-18-11-16(7-8-17(13)18)22-19(23)9-6-14-2-4-15(12-21)5-3-14/h2-11H,1H3,(H,22,23)/b9-6+. The summed E-state index contributed by atoms with van der Waals surface area (Å²) in [5, 5.41) is 12.3. The Labute approximate surface area is 143 Å². The molecule has 1 aromatic heterocycles. The molecular formula is C20H14N2O3. The van der Waals surface area contributed by atoms with Crippen molar-refractivity contribution < 1.29 is 9.21 Å². The van der Waals surface area contributed by atoms with E-state index in [2.05, 4.69) is 5.32 Å². The first-order valence-corrected chi connectivity index (χ1v) is 7.59. The molecule has 1 N–H and O–H groups in total. The van der Waals surface area contributed by atoms with Crippen molar-refractivity contribution in [2.24, 2.45) is 0 Å². The molecule has 2 aromatic carbocycles. The van der Waals surface area contributed by atoms with E-state index in [1.54, 1.807) is 48.5 Å². The minimum Gasteiger partial charge on any atom is -0.423 e. The number of fused-ring (bicyclic) bond motifs is 1. The highest BCUT2D eigenvalue weighted by atomic mass is 16.4. The number of carbonyl (C=O) groups is 1. The van der Waals surface area contributed by atoms with E-state index in [1.165, 1.54) is 12.1 Å². The third-order valence-corrected chi connectivity index (χ3v) is 3.69. The van der Waals surface area contributed by atoms with Crippen molar-refractivity contribution in [2.45, 2.75) is 6.92 Å². The van der Waals surface area contributed by atoms with Gasteiger partial charge in [-0.05, 0) is 48.4 Å². The maximum Gasteiger partial charge on any atom is 0.336 e. The highest BCUT2D eigenvalue weighted by Crippen LogP contribution is 2.20. The first kappa shape index (κ1) is 16.2. The molecule has 0 aliphatic carbocycles. The summed E-state index contributed by atoms with van der Waals surface area (Å²) in [5.41, 5.74) is 2.75. The quantitative estimate of drug-likeness (QED) is 0.587. The lowest BCUT2D eigenvalue weighted by molar-refractivity contribution is -0.111. The molecule has 122 valence electrons. The normalized spacial score (nSPS) is 10.7. The molecular weight excluding hydrogens is 316 g/mol. The molecule has 1 heterocycles. The van der Waals surface area contributed by atoms with Gasteiger partial charge in [0.15, 0.2) is 0 Å². The van der Waals surface area contributed by atoms with Crippen LogP contribution in [0, 0.1) is 18.3 Å². The molecule has 0 saturated heterocycles. The first-order valence-electron chi connectivity index (χ1n) is 7.59. The number of amides is 1. The number of nitrogens with one attached hydrogen (secondary N) is 1. The number of hydrogen-bond donors (Lipinski definition) is 1. The van der Waals surface area contributed by atoms with E-state index in [0.717, 1.165) is 16.5 Å². The third kappa shape index (κ3) is 3.82. The van der Waals surface area contributed by atoms with E-state index >= 15 is 0 Å². The summed E-state index contributed by atoms with van der Waals surface area (Å²) in [5.74, 6) is -0.307. The molecule has 3 rings (SSSR count). The lowest BCUT2D eigenvalue weighted by Gasteiger charge is -2.05. The van der Waals surface area contributed by atoms with Crippen molar-refractivity contribution in [2.75, 3.05) is 5.32 Å². The maximum absolute atomic E-state index is 12.0. The summed E-state index contributed by atoms with van der Waals surface area (Å²) in [6.07, 6.45) is 3.06. The van der Waals surface area contributed by atoms with Crippen molar-refractivity contribution in [3.8, 4) is 6.07 Å². The van der Waals surface area contributed by atoms with Crippen LogP contribution >= 0.6 is 0 Å². The van der Waals surface area contributed by atoms with Gasteiger partial charge in [0.1, 0.15) is 5.58 Å². The molecule has 1 amide bonds. The SMILES string of the molecule is Cc1cc(=O)oc2cc(NC(=O)/C=C/c3ccc(C#N)cc3)ccc12. The van der Waals surface area contributed by atoms with Crippen LogP contribution in [0.3, 0.4) is 0 Å². The maximum atomic E-state index is 12.0. The van der Waals surface area contributed by atoms with Crippen molar-refractivity contribution in [3.63, 3.8) is 0 Å². The van der Waals surface area contributed by atoms with Crippen LogP contribution in [0.5, 0.6) is 0 Å². The summed E-state index contributed by atoms with van der Waals surface area (Å²) in [7, 11) is 0. The number of aryl methyl sites for hydroxylation is 1. The highest BCUT2D eigenvalue weighted by molar-refractivity contribution is 6.02. The molecule has 0 atom stereocenters. The molecule has 0 radical (unpaired) electrons. The minimum absolute atomic E-state index is 0.307. The predicted octanol–water partition coefficient (Wildman–Crippen LogP) is 3.63. The summed E-state index contributed by atoms with van der Waals surface area (Å²) in [4.78, 5) is 23.5. The molecule has 3 aromatic rings. The van der Waals surface area contributed by atoms with Gasteiger partial charge in [0, 0.05) is 29.3 Å². The van der Waals surface area contributed by atoms with Crippen molar-refractivity contribution in [1.29, 1.82) is 5.26 Å². The smallest absolute Gasteiger partial charge is 0.336 e. The summed E-state index contributed by atoms with van der Waals surface area (Å²) in [6.45, 7) is 1.83. The van der Waals surface area contributed by atoms with Crippen molar-refractivity contribution >= 4 is 28.6 Å². The lowest BCUT2D eigenvalue weighted by atomic mass is 10.1. The zero-order valence-corrected chi connectivity index (χ0v) is 13.4. The Hall–Kier alpha value is -3.65. The van der Waals surface area contributed by atoms with Gasteiger partial charge in [0.2, 0.25) is 5.91 Å². The molecule has 0 saturated carbocycles. The molecule has 5 nitrogen and oxygen atoms in total. The third-order valence-electron chi connectivity index (χ3n) is 3.69. The van der Waals surface area contributed by atoms with Gasteiger partial charge in [0.05, 0.1) is 11.6 Å². The van der Waals surface area contributed by atoms with Crippen LogP contribution in [0.1, 0.15) is 16.7 Å². The minimum atomic E-state index is -0.422. The van der Waals surface area contributed by atoms with Crippen LogP contribution in [-0.4, -0.2) is 5.91 Å². The molecule has 0 aliphatic heterocycles. The van der Waals surface area contributed by atoms with E-state index in [4.69, 9.17) is 9.68 Å². The zero-order valence-electron chi connectivity index (χ0n) is 13.4. The van der Waals surface area contributed by atoms with Crippen LogP contribution in [0.2, 0.25) is 0 Å². The highest BCUT2D eigenvalue weighted by Gasteiger charge is 2.05. The van der Waals surface area contributed by atoms with Gasteiger partial charge < -0.3 is 9.73 Å². The lowest BCUT2D eigenvalue weighted by Crippen LogP contribution is -2.08. The molecule has 0 bridgehead atoms. The van der Waals surface area contributed by atoms with Gasteiger partial charge in [-0.3, -0.25) is 4.79 Å². The second-order valence-corrected chi connectivity index (χ2v) is 5.52.